The Morgan fingerprint density at radius 2 is 1.63 bits per heavy atom. The van der Waals surface area contributed by atoms with Gasteiger partial charge in [0.25, 0.3) is 0 Å². The summed E-state index contributed by atoms with van der Waals surface area (Å²) in [6.07, 6.45) is 0.0743. The molecule has 0 radical (unpaired) electrons. The van der Waals surface area contributed by atoms with Gasteiger partial charge in [0.05, 0.1) is 19.3 Å². The Hall–Kier alpha value is -0.840. The van der Waals surface area contributed by atoms with E-state index in [1.165, 1.54) is 0 Å². The third kappa shape index (κ3) is 5.35. The summed E-state index contributed by atoms with van der Waals surface area (Å²) in [5.74, 6) is -1.21. The SMILES string of the molecule is CCOP(=O)(OCC)C(C(=O)O)=C(CC)OC(C)C. The highest BCUT2D eigenvalue weighted by Crippen LogP contribution is 2.57. The average molecular weight is 294 g/mol. The summed E-state index contributed by atoms with van der Waals surface area (Å²) in [7, 11) is -3.86. The Bertz CT molecular complexity index is 364. The summed E-state index contributed by atoms with van der Waals surface area (Å²) in [5.41, 5.74) is 0. The molecular weight excluding hydrogens is 271 g/mol. The first-order chi connectivity index (χ1) is 8.82. The van der Waals surface area contributed by atoms with Crippen molar-refractivity contribution in [3.05, 3.63) is 11.1 Å². The molecule has 0 aliphatic heterocycles. The molecule has 0 aromatic rings. The molecule has 0 spiro atoms. The highest BCUT2D eigenvalue weighted by Gasteiger charge is 2.38. The van der Waals surface area contributed by atoms with Gasteiger partial charge in [-0.15, -0.1) is 0 Å². The van der Waals surface area contributed by atoms with E-state index in [9.17, 15) is 14.5 Å². The molecule has 0 amide bonds. The number of rotatable bonds is 9. The van der Waals surface area contributed by atoms with Gasteiger partial charge in [0.2, 0.25) is 0 Å². The molecule has 0 aromatic carbocycles. The number of carboxylic acids is 1. The van der Waals surface area contributed by atoms with Crippen LogP contribution in [0.2, 0.25) is 0 Å². The maximum atomic E-state index is 12.6. The van der Waals surface area contributed by atoms with Gasteiger partial charge in [-0.25, -0.2) is 4.79 Å². The standard InChI is InChI=1S/C12H23O6P/c1-6-10(18-9(4)5)11(12(13)14)19(15,16-7-2)17-8-3/h9H,6-8H2,1-5H3,(H,13,14). The zero-order valence-corrected chi connectivity index (χ0v) is 13.0. The quantitative estimate of drug-likeness (QED) is 0.399. The first-order valence-electron chi connectivity index (χ1n) is 6.35. The van der Waals surface area contributed by atoms with Crippen molar-refractivity contribution >= 4 is 13.6 Å². The fraction of sp³-hybridized carbons (Fsp3) is 0.750. The molecule has 0 unspecified atom stereocenters. The Kier molecular flexibility index (Phi) is 7.99. The summed E-state index contributed by atoms with van der Waals surface area (Å²) in [6, 6.07) is 0. The molecular formula is C12H23O6P. The lowest BCUT2D eigenvalue weighted by Crippen LogP contribution is -2.13. The van der Waals surface area contributed by atoms with Gasteiger partial charge >= 0.3 is 13.6 Å². The molecule has 0 rings (SSSR count). The Morgan fingerprint density at radius 1 is 1.16 bits per heavy atom. The maximum absolute atomic E-state index is 12.6. The minimum absolute atomic E-state index is 0.0900. The highest BCUT2D eigenvalue weighted by molar-refractivity contribution is 7.60. The van der Waals surface area contributed by atoms with Crippen molar-refractivity contribution in [2.24, 2.45) is 0 Å². The van der Waals surface area contributed by atoms with E-state index in [-0.39, 0.29) is 25.1 Å². The molecule has 0 saturated carbocycles. The number of aliphatic carboxylic acids is 1. The van der Waals surface area contributed by atoms with Gasteiger partial charge in [-0.2, -0.15) is 0 Å². The van der Waals surface area contributed by atoms with Crippen molar-refractivity contribution in [2.45, 2.75) is 47.1 Å². The van der Waals surface area contributed by atoms with Crippen LogP contribution in [-0.4, -0.2) is 30.4 Å². The van der Waals surface area contributed by atoms with Crippen LogP contribution in [0.4, 0.5) is 0 Å². The van der Waals surface area contributed by atoms with Crippen LogP contribution >= 0.6 is 7.60 Å². The van der Waals surface area contributed by atoms with E-state index in [1.54, 1.807) is 34.6 Å². The van der Waals surface area contributed by atoms with Gasteiger partial charge in [0, 0.05) is 6.42 Å². The lowest BCUT2D eigenvalue weighted by Gasteiger charge is -2.21. The van der Waals surface area contributed by atoms with Crippen LogP contribution < -0.4 is 0 Å². The van der Waals surface area contributed by atoms with Crippen LogP contribution in [0, 0.1) is 0 Å². The van der Waals surface area contributed by atoms with E-state index in [1.807, 2.05) is 0 Å². The molecule has 0 aliphatic rings. The largest absolute Gasteiger partial charge is 0.494 e. The van der Waals surface area contributed by atoms with Crippen molar-refractivity contribution in [1.82, 2.24) is 0 Å². The van der Waals surface area contributed by atoms with Gasteiger partial charge in [-0.1, -0.05) is 6.92 Å². The number of allylic oxidation sites excluding steroid dienone is 1. The lowest BCUT2D eigenvalue weighted by molar-refractivity contribution is -0.132. The second kappa shape index (κ2) is 8.35. The van der Waals surface area contributed by atoms with Gasteiger partial charge in [0.15, 0.2) is 5.31 Å². The molecule has 112 valence electrons. The predicted molar refractivity (Wildman–Crippen MR) is 72.0 cm³/mol. The molecule has 19 heavy (non-hydrogen) atoms. The smallest absolute Gasteiger partial charge is 0.372 e. The normalized spacial score (nSPS) is 13.4. The molecule has 0 aliphatic carbocycles. The summed E-state index contributed by atoms with van der Waals surface area (Å²) in [5, 5.41) is 8.90. The van der Waals surface area contributed by atoms with Crippen molar-refractivity contribution < 1.29 is 28.3 Å². The Labute approximate surface area is 114 Å². The molecule has 0 heterocycles. The van der Waals surface area contributed by atoms with Crippen molar-refractivity contribution in [2.75, 3.05) is 13.2 Å². The number of carbonyl (C=O) groups is 1. The predicted octanol–water partition coefficient (Wildman–Crippen LogP) is 3.38. The molecule has 6 nitrogen and oxygen atoms in total. The minimum atomic E-state index is -3.86. The van der Waals surface area contributed by atoms with Gasteiger partial charge < -0.3 is 18.9 Å². The summed E-state index contributed by atoms with van der Waals surface area (Å²) >= 11 is 0. The van der Waals surface area contributed by atoms with Gasteiger partial charge in [-0.3, -0.25) is 4.57 Å². The number of hydrogen-bond acceptors (Lipinski definition) is 5. The zero-order valence-electron chi connectivity index (χ0n) is 12.1. The van der Waals surface area contributed by atoms with E-state index in [4.69, 9.17) is 13.8 Å². The van der Waals surface area contributed by atoms with E-state index in [0.29, 0.717) is 6.42 Å². The highest BCUT2D eigenvalue weighted by atomic mass is 31.2. The molecule has 0 fully saturated rings. The number of hydrogen-bond donors (Lipinski definition) is 1. The first-order valence-corrected chi connectivity index (χ1v) is 7.89. The fourth-order valence-corrected chi connectivity index (χ4v) is 3.25. The molecule has 0 bridgehead atoms. The average Bonchev–Trinajstić information content (AvgIpc) is 2.27. The van der Waals surface area contributed by atoms with Crippen molar-refractivity contribution in [3.8, 4) is 0 Å². The van der Waals surface area contributed by atoms with Gasteiger partial charge in [0.1, 0.15) is 5.76 Å². The second-order valence-corrected chi connectivity index (χ2v) is 5.89. The second-order valence-electron chi connectivity index (χ2n) is 3.93. The molecule has 0 aromatic heterocycles. The van der Waals surface area contributed by atoms with Crippen LogP contribution in [0.25, 0.3) is 0 Å². The minimum Gasteiger partial charge on any atom is -0.494 e. The van der Waals surface area contributed by atoms with Crippen molar-refractivity contribution in [3.63, 3.8) is 0 Å². The maximum Gasteiger partial charge on any atom is 0.372 e. The first kappa shape index (κ1) is 18.2. The summed E-state index contributed by atoms with van der Waals surface area (Å²) in [6.45, 7) is 8.69. The Morgan fingerprint density at radius 3 is 1.89 bits per heavy atom. The third-order valence-electron chi connectivity index (χ3n) is 2.04. The molecule has 7 heteroatoms. The molecule has 0 saturated heterocycles. The lowest BCUT2D eigenvalue weighted by atomic mass is 10.3. The number of ether oxygens (including phenoxy) is 1. The molecule has 0 atom stereocenters. The molecule has 1 N–H and O–H groups in total. The van der Waals surface area contributed by atoms with Crippen LogP contribution in [0.1, 0.15) is 41.0 Å². The van der Waals surface area contributed by atoms with E-state index >= 15 is 0 Å². The van der Waals surface area contributed by atoms with Crippen LogP contribution in [-0.2, 0) is 23.1 Å². The van der Waals surface area contributed by atoms with Crippen LogP contribution in [0.3, 0.4) is 0 Å². The van der Waals surface area contributed by atoms with E-state index in [2.05, 4.69) is 0 Å². The summed E-state index contributed by atoms with van der Waals surface area (Å²) in [4.78, 5) is 11.4. The van der Waals surface area contributed by atoms with Crippen molar-refractivity contribution in [1.29, 1.82) is 0 Å². The van der Waals surface area contributed by atoms with Crippen LogP contribution in [0.15, 0.2) is 11.1 Å². The van der Waals surface area contributed by atoms with E-state index in [0.717, 1.165) is 0 Å². The zero-order chi connectivity index (χ0) is 15.1. The summed E-state index contributed by atoms with van der Waals surface area (Å²) < 4.78 is 28.1. The number of carboxylic acid groups (broad SMARTS) is 1. The van der Waals surface area contributed by atoms with Crippen LogP contribution in [0.5, 0.6) is 0 Å². The fourth-order valence-electron chi connectivity index (χ4n) is 1.49. The Balaban J connectivity index is 5.76. The topological polar surface area (TPSA) is 82.1 Å². The third-order valence-corrected chi connectivity index (χ3v) is 4.22. The monoisotopic (exact) mass is 294 g/mol. The van der Waals surface area contributed by atoms with E-state index < -0.39 is 18.9 Å². The van der Waals surface area contributed by atoms with Gasteiger partial charge in [-0.05, 0) is 27.7 Å².